The van der Waals surface area contributed by atoms with Crippen molar-refractivity contribution in [2.24, 2.45) is 0 Å². The number of fused-ring (bicyclic) bond motifs is 1. The smallest absolute Gasteiger partial charge is 0.240 e. The fourth-order valence-corrected chi connectivity index (χ4v) is 5.29. The Kier molecular flexibility index (Phi) is 8.61. The van der Waals surface area contributed by atoms with Crippen LogP contribution in [0, 0.1) is 0 Å². The van der Waals surface area contributed by atoms with Crippen LogP contribution in [0.4, 0.5) is 5.69 Å². The molecule has 0 unspecified atom stereocenters. The highest BCUT2D eigenvalue weighted by molar-refractivity contribution is 7.89. The van der Waals surface area contributed by atoms with Gasteiger partial charge in [-0.2, -0.15) is 0 Å². The highest BCUT2D eigenvalue weighted by Crippen LogP contribution is 2.32. The van der Waals surface area contributed by atoms with Crippen molar-refractivity contribution in [2.75, 3.05) is 44.2 Å². The number of hydrogen-bond donors (Lipinski definition) is 1. The fourth-order valence-electron chi connectivity index (χ4n) is 3.76. The quantitative estimate of drug-likeness (QED) is 0.471. The summed E-state index contributed by atoms with van der Waals surface area (Å²) in [4.78, 5) is 9.07. The van der Waals surface area contributed by atoms with Crippen molar-refractivity contribution in [3.8, 4) is 0 Å². The molecule has 1 saturated heterocycles. The summed E-state index contributed by atoms with van der Waals surface area (Å²) in [5.41, 5.74) is 1.74. The molecule has 0 spiro atoms. The normalized spacial score (nSPS) is 15.0. The molecule has 1 aliphatic heterocycles. The number of benzene rings is 2. The van der Waals surface area contributed by atoms with E-state index in [4.69, 9.17) is 23.2 Å². The third-order valence-electron chi connectivity index (χ3n) is 5.47. The van der Waals surface area contributed by atoms with Crippen molar-refractivity contribution >= 4 is 62.2 Å². The van der Waals surface area contributed by atoms with E-state index in [0.29, 0.717) is 16.6 Å². The molecule has 3 aromatic rings. The molecule has 0 bridgehead atoms. The van der Waals surface area contributed by atoms with Crippen LogP contribution in [0.1, 0.15) is 6.42 Å². The van der Waals surface area contributed by atoms with Gasteiger partial charge in [-0.05, 0) is 49.4 Å². The van der Waals surface area contributed by atoms with E-state index in [1.165, 1.54) is 0 Å². The van der Waals surface area contributed by atoms with Crippen LogP contribution in [-0.4, -0.2) is 57.6 Å². The maximum atomic E-state index is 12.6. The predicted molar refractivity (Wildman–Crippen MR) is 134 cm³/mol. The van der Waals surface area contributed by atoms with Crippen molar-refractivity contribution in [1.29, 1.82) is 0 Å². The lowest BCUT2D eigenvalue weighted by Gasteiger charge is -2.36. The SMILES string of the molecule is Cl.O=S(=O)(NCCCN1CCN(c2cccc(Cl)c2Cl)CC1)c1ccc2ncccc2c1. The standard InChI is InChI=1S/C22H24Cl2N4O2S.ClH/c23-19-5-1-6-21(22(19)24)28-14-12-27(13-15-28)11-3-10-26-31(29,30)18-7-8-20-17(16-18)4-2-9-25-20;/h1-2,4-9,16,26H,3,10-15H2;1H. The van der Waals surface area contributed by atoms with Crippen molar-refractivity contribution in [3.63, 3.8) is 0 Å². The summed E-state index contributed by atoms with van der Waals surface area (Å²) in [6.07, 6.45) is 2.43. The first kappa shape index (κ1) is 25.0. The Labute approximate surface area is 205 Å². The summed E-state index contributed by atoms with van der Waals surface area (Å²) in [5.74, 6) is 0. The highest BCUT2D eigenvalue weighted by Gasteiger charge is 2.20. The van der Waals surface area contributed by atoms with E-state index in [-0.39, 0.29) is 17.3 Å². The molecule has 0 amide bonds. The first-order valence-corrected chi connectivity index (χ1v) is 12.4. The average Bonchev–Trinajstić information content (AvgIpc) is 2.79. The van der Waals surface area contributed by atoms with Crippen molar-refractivity contribution in [2.45, 2.75) is 11.3 Å². The fraction of sp³-hybridized carbons (Fsp3) is 0.318. The van der Waals surface area contributed by atoms with E-state index in [1.54, 1.807) is 36.5 Å². The number of sulfonamides is 1. The second kappa shape index (κ2) is 11.0. The molecular weight excluding hydrogens is 491 g/mol. The van der Waals surface area contributed by atoms with Crippen molar-refractivity contribution < 1.29 is 8.42 Å². The lowest BCUT2D eigenvalue weighted by molar-refractivity contribution is 0.255. The van der Waals surface area contributed by atoms with Gasteiger partial charge in [0.05, 0.1) is 26.1 Å². The number of nitrogens with one attached hydrogen (secondary N) is 1. The maximum Gasteiger partial charge on any atom is 0.240 e. The highest BCUT2D eigenvalue weighted by atomic mass is 35.5. The topological polar surface area (TPSA) is 65.5 Å². The maximum absolute atomic E-state index is 12.6. The molecule has 0 atom stereocenters. The van der Waals surface area contributed by atoms with Gasteiger partial charge in [-0.3, -0.25) is 9.88 Å². The molecular formula is C22H25Cl3N4O2S. The lowest BCUT2D eigenvalue weighted by atomic mass is 10.2. The summed E-state index contributed by atoms with van der Waals surface area (Å²) in [6.45, 7) is 4.74. The first-order valence-electron chi connectivity index (χ1n) is 10.2. The summed E-state index contributed by atoms with van der Waals surface area (Å²) in [5, 5.41) is 1.97. The van der Waals surface area contributed by atoms with Gasteiger partial charge in [0.25, 0.3) is 0 Å². The van der Waals surface area contributed by atoms with Gasteiger partial charge < -0.3 is 4.90 Å². The predicted octanol–water partition coefficient (Wildman–Crippen LogP) is 4.45. The van der Waals surface area contributed by atoms with Crippen LogP contribution >= 0.6 is 35.6 Å². The number of hydrogen-bond acceptors (Lipinski definition) is 5. The average molecular weight is 516 g/mol. The largest absolute Gasteiger partial charge is 0.368 e. The Bertz CT molecular complexity index is 1170. The minimum absolute atomic E-state index is 0. The van der Waals surface area contributed by atoms with Crippen molar-refractivity contribution in [1.82, 2.24) is 14.6 Å². The van der Waals surface area contributed by atoms with E-state index in [2.05, 4.69) is 19.5 Å². The van der Waals surface area contributed by atoms with Gasteiger partial charge in [-0.25, -0.2) is 13.1 Å². The Morgan fingerprint density at radius 3 is 2.56 bits per heavy atom. The molecule has 172 valence electrons. The second-order valence-corrected chi connectivity index (χ2v) is 10.1. The zero-order chi connectivity index (χ0) is 21.8. The molecule has 2 aromatic carbocycles. The van der Waals surface area contributed by atoms with E-state index in [9.17, 15) is 8.42 Å². The summed E-state index contributed by atoms with van der Waals surface area (Å²) < 4.78 is 27.9. The van der Waals surface area contributed by atoms with E-state index in [0.717, 1.165) is 55.7 Å². The molecule has 1 fully saturated rings. The number of halogens is 3. The van der Waals surface area contributed by atoms with Gasteiger partial charge >= 0.3 is 0 Å². The number of rotatable bonds is 7. The van der Waals surface area contributed by atoms with E-state index in [1.807, 2.05) is 18.2 Å². The Morgan fingerprint density at radius 1 is 1.00 bits per heavy atom. The summed E-state index contributed by atoms with van der Waals surface area (Å²) >= 11 is 12.5. The molecule has 0 radical (unpaired) electrons. The Morgan fingerprint density at radius 2 is 1.78 bits per heavy atom. The van der Waals surface area contributed by atoms with Gasteiger partial charge in [0.1, 0.15) is 0 Å². The molecule has 1 N–H and O–H groups in total. The number of piperazine rings is 1. The third-order valence-corrected chi connectivity index (χ3v) is 7.74. The van der Waals surface area contributed by atoms with Crippen LogP contribution in [0.2, 0.25) is 10.0 Å². The van der Waals surface area contributed by atoms with Crippen LogP contribution < -0.4 is 9.62 Å². The van der Waals surface area contributed by atoms with Gasteiger partial charge in [-0.15, -0.1) is 12.4 Å². The molecule has 10 heteroatoms. The molecule has 32 heavy (non-hydrogen) atoms. The van der Waals surface area contributed by atoms with Gasteiger partial charge in [0.2, 0.25) is 10.0 Å². The molecule has 1 aromatic heterocycles. The van der Waals surface area contributed by atoms with Crippen LogP contribution in [0.25, 0.3) is 10.9 Å². The molecule has 4 rings (SSSR count). The Hall–Kier alpha value is -1.61. The third kappa shape index (κ3) is 5.84. The molecule has 2 heterocycles. The first-order chi connectivity index (χ1) is 14.9. The number of pyridine rings is 1. The van der Waals surface area contributed by atoms with Gasteiger partial charge in [-0.1, -0.05) is 35.3 Å². The van der Waals surface area contributed by atoms with Crippen LogP contribution in [0.5, 0.6) is 0 Å². The number of nitrogens with zero attached hydrogens (tertiary/aromatic N) is 3. The second-order valence-electron chi connectivity index (χ2n) is 7.51. The minimum atomic E-state index is -3.54. The van der Waals surface area contributed by atoms with E-state index >= 15 is 0 Å². The summed E-state index contributed by atoms with van der Waals surface area (Å²) in [7, 11) is -3.54. The molecule has 0 saturated carbocycles. The zero-order valence-corrected chi connectivity index (χ0v) is 20.5. The number of anilines is 1. The molecule has 1 aliphatic rings. The van der Waals surface area contributed by atoms with Crippen LogP contribution in [0.15, 0.2) is 59.6 Å². The van der Waals surface area contributed by atoms with Crippen LogP contribution in [-0.2, 0) is 10.0 Å². The van der Waals surface area contributed by atoms with Gasteiger partial charge in [0, 0.05) is 44.3 Å². The lowest BCUT2D eigenvalue weighted by Crippen LogP contribution is -2.47. The van der Waals surface area contributed by atoms with Crippen molar-refractivity contribution in [3.05, 3.63) is 64.8 Å². The molecule has 6 nitrogen and oxygen atoms in total. The zero-order valence-electron chi connectivity index (χ0n) is 17.4. The number of aromatic nitrogens is 1. The van der Waals surface area contributed by atoms with Gasteiger partial charge in [0.15, 0.2) is 0 Å². The monoisotopic (exact) mass is 514 g/mol. The Balaban J connectivity index is 0.00000289. The minimum Gasteiger partial charge on any atom is -0.368 e. The van der Waals surface area contributed by atoms with Crippen LogP contribution in [0.3, 0.4) is 0 Å². The van der Waals surface area contributed by atoms with E-state index < -0.39 is 10.0 Å². The molecule has 0 aliphatic carbocycles. The summed E-state index contributed by atoms with van der Waals surface area (Å²) in [6, 6.07) is 14.3.